The van der Waals surface area contributed by atoms with Crippen molar-refractivity contribution < 1.29 is 22.7 Å². The summed E-state index contributed by atoms with van der Waals surface area (Å²) in [4.78, 5) is 14.7. The predicted molar refractivity (Wildman–Crippen MR) is 127 cm³/mol. The lowest BCUT2D eigenvalue weighted by Crippen LogP contribution is -2.36. The molecule has 1 N–H and O–H groups in total. The molecule has 34 heavy (non-hydrogen) atoms. The maximum Gasteiger partial charge on any atom is 0.416 e. The Morgan fingerprint density at radius 1 is 1.06 bits per heavy atom. The molecule has 182 valence electrons. The summed E-state index contributed by atoms with van der Waals surface area (Å²) >= 11 is 0. The van der Waals surface area contributed by atoms with E-state index in [0.29, 0.717) is 30.9 Å². The van der Waals surface area contributed by atoms with Gasteiger partial charge in [0.05, 0.1) is 18.7 Å². The van der Waals surface area contributed by atoms with Gasteiger partial charge in [-0.25, -0.2) is 4.79 Å². The number of aromatic nitrogens is 1. The molecule has 0 aliphatic heterocycles. The second-order valence-corrected chi connectivity index (χ2v) is 7.99. The number of rotatable bonds is 10. The lowest BCUT2D eigenvalue weighted by Gasteiger charge is -2.24. The Hall–Kier alpha value is -3.42. The number of hydrogen-bond acceptors (Lipinski definition) is 2. The standard InChI is InChI=1S/C26H30F3N3O2/c1-3-5-15-32(25(33)30-22-11-13-24(14-12-22)34-4-2)19-23-10-7-16-31(23)18-20-8-6-9-21(17-20)26(27,28)29/h6-14,16-17H,3-5,15,18-19H2,1-2H3,(H,30,33). The maximum absolute atomic E-state index is 13.1. The monoisotopic (exact) mass is 473 g/mol. The molecule has 0 atom stereocenters. The van der Waals surface area contributed by atoms with Gasteiger partial charge in [0.15, 0.2) is 0 Å². The Morgan fingerprint density at radius 2 is 1.82 bits per heavy atom. The zero-order chi connectivity index (χ0) is 24.6. The van der Waals surface area contributed by atoms with Gasteiger partial charge in [-0.1, -0.05) is 25.5 Å². The molecule has 0 saturated heterocycles. The van der Waals surface area contributed by atoms with Gasteiger partial charge in [-0.05, 0) is 67.4 Å². The van der Waals surface area contributed by atoms with Gasteiger partial charge in [-0.2, -0.15) is 13.2 Å². The minimum atomic E-state index is -4.38. The van der Waals surface area contributed by atoms with E-state index in [-0.39, 0.29) is 12.6 Å². The number of unbranched alkanes of at least 4 members (excludes halogenated alkanes) is 1. The van der Waals surface area contributed by atoms with Crippen molar-refractivity contribution in [3.63, 3.8) is 0 Å². The third kappa shape index (κ3) is 7.04. The highest BCUT2D eigenvalue weighted by Gasteiger charge is 2.30. The van der Waals surface area contributed by atoms with Crippen LogP contribution in [-0.2, 0) is 19.3 Å². The van der Waals surface area contributed by atoms with Crippen LogP contribution in [0.1, 0.15) is 43.5 Å². The van der Waals surface area contributed by atoms with Crippen molar-refractivity contribution >= 4 is 11.7 Å². The van der Waals surface area contributed by atoms with Gasteiger partial charge < -0.3 is 19.5 Å². The molecule has 1 aromatic heterocycles. The minimum Gasteiger partial charge on any atom is -0.494 e. The van der Waals surface area contributed by atoms with Crippen molar-refractivity contribution in [3.8, 4) is 5.75 Å². The highest BCUT2D eigenvalue weighted by molar-refractivity contribution is 5.89. The zero-order valence-corrected chi connectivity index (χ0v) is 19.4. The Labute approximate surface area is 198 Å². The summed E-state index contributed by atoms with van der Waals surface area (Å²) in [6, 6.07) is 16.0. The molecule has 2 aromatic carbocycles. The van der Waals surface area contributed by atoms with Crippen molar-refractivity contribution in [2.75, 3.05) is 18.5 Å². The van der Waals surface area contributed by atoms with Crippen LogP contribution in [0.5, 0.6) is 5.75 Å². The molecule has 0 aliphatic carbocycles. The SMILES string of the molecule is CCCCN(Cc1cccn1Cc1cccc(C(F)(F)F)c1)C(=O)Nc1ccc(OCC)cc1. The molecule has 0 bridgehead atoms. The first-order valence-electron chi connectivity index (χ1n) is 11.4. The topological polar surface area (TPSA) is 46.5 Å². The number of anilines is 1. The van der Waals surface area contributed by atoms with Crippen molar-refractivity contribution in [2.45, 2.75) is 46.0 Å². The van der Waals surface area contributed by atoms with Gasteiger partial charge in [0.25, 0.3) is 0 Å². The second kappa shape index (κ2) is 11.6. The quantitative estimate of drug-likeness (QED) is 0.352. The number of amides is 2. The van der Waals surface area contributed by atoms with Gasteiger partial charge in [-0.3, -0.25) is 0 Å². The van der Waals surface area contributed by atoms with E-state index in [9.17, 15) is 18.0 Å². The Morgan fingerprint density at radius 3 is 2.50 bits per heavy atom. The number of ether oxygens (including phenoxy) is 1. The summed E-state index contributed by atoms with van der Waals surface area (Å²) in [6.45, 7) is 5.72. The van der Waals surface area contributed by atoms with Crippen LogP contribution in [0, 0.1) is 0 Å². The van der Waals surface area contributed by atoms with Crippen LogP contribution in [0.3, 0.4) is 0 Å². The average Bonchev–Trinajstić information content (AvgIpc) is 3.24. The highest BCUT2D eigenvalue weighted by atomic mass is 19.4. The molecule has 0 radical (unpaired) electrons. The number of nitrogens with one attached hydrogen (secondary N) is 1. The molecule has 0 spiro atoms. The second-order valence-electron chi connectivity index (χ2n) is 7.99. The van der Waals surface area contributed by atoms with Crippen LogP contribution in [0.25, 0.3) is 0 Å². The summed E-state index contributed by atoms with van der Waals surface area (Å²) in [5.74, 6) is 0.732. The fourth-order valence-electron chi connectivity index (χ4n) is 3.59. The number of hydrogen-bond donors (Lipinski definition) is 1. The molecular weight excluding hydrogens is 443 g/mol. The molecule has 0 unspecified atom stereocenters. The fraction of sp³-hybridized carbons (Fsp3) is 0.346. The zero-order valence-electron chi connectivity index (χ0n) is 19.4. The number of benzene rings is 2. The van der Waals surface area contributed by atoms with E-state index in [4.69, 9.17) is 4.74 Å². The summed E-state index contributed by atoms with van der Waals surface area (Å²) in [5.41, 5.74) is 1.38. The van der Waals surface area contributed by atoms with Crippen molar-refractivity contribution in [2.24, 2.45) is 0 Å². The Bertz CT molecular complexity index is 1060. The summed E-state index contributed by atoms with van der Waals surface area (Å²) in [5, 5.41) is 2.92. The van der Waals surface area contributed by atoms with E-state index in [1.54, 1.807) is 35.2 Å². The number of nitrogens with zero attached hydrogens (tertiary/aromatic N) is 2. The average molecular weight is 474 g/mol. The third-order valence-electron chi connectivity index (χ3n) is 5.37. The number of halogens is 3. The van der Waals surface area contributed by atoms with Crippen LogP contribution >= 0.6 is 0 Å². The number of carbonyl (C=O) groups excluding carboxylic acids is 1. The minimum absolute atomic E-state index is 0.232. The lowest BCUT2D eigenvalue weighted by molar-refractivity contribution is -0.137. The highest BCUT2D eigenvalue weighted by Crippen LogP contribution is 2.29. The maximum atomic E-state index is 13.1. The van der Waals surface area contributed by atoms with Gasteiger partial charge in [0.2, 0.25) is 0 Å². The summed E-state index contributed by atoms with van der Waals surface area (Å²) in [7, 11) is 0. The Kier molecular flexibility index (Phi) is 8.62. The Balaban J connectivity index is 1.72. The van der Waals surface area contributed by atoms with E-state index in [1.807, 2.05) is 29.8 Å². The molecule has 8 heteroatoms. The van der Waals surface area contributed by atoms with Crippen LogP contribution in [0.2, 0.25) is 0 Å². The first-order chi connectivity index (χ1) is 16.3. The molecule has 3 aromatic rings. The van der Waals surface area contributed by atoms with Gasteiger partial charge >= 0.3 is 12.2 Å². The first-order valence-corrected chi connectivity index (χ1v) is 11.4. The number of alkyl halides is 3. The van der Waals surface area contributed by atoms with E-state index in [0.717, 1.165) is 36.4 Å². The molecule has 0 aliphatic rings. The molecular formula is C26H30F3N3O2. The summed E-state index contributed by atoms with van der Waals surface area (Å²) < 4.78 is 46.5. The molecule has 5 nitrogen and oxygen atoms in total. The largest absolute Gasteiger partial charge is 0.494 e. The normalized spacial score (nSPS) is 11.3. The van der Waals surface area contributed by atoms with E-state index >= 15 is 0 Å². The first kappa shape index (κ1) is 25.2. The smallest absolute Gasteiger partial charge is 0.416 e. The van der Waals surface area contributed by atoms with Gasteiger partial charge in [0.1, 0.15) is 5.75 Å². The molecule has 3 rings (SSSR count). The van der Waals surface area contributed by atoms with Crippen LogP contribution in [-0.4, -0.2) is 28.6 Å². The number of urea groups is 1. The molecule has 2 amide bonds. The van der Waals surface area contributed by atoms with E-state index in [1.165, 1.54) is 6.07 Å². The lowest BCUT2D eigenvalue weighted by atomic mass is 10.1. The van der Waals surface area contributed by atoms with E-state index in [2.05, 4.69) is 12.2 Å². The van der Waals surface area contributed by atoms with Crippen molar-refractivity contribution in [1.29, 1.82) is 0 Å². The molecule has 0 saturated carbocycles. The van der Waals surface area contributed by atoms with E-state index < -0.39 is 11.7 Å². The van der Waals surface area contributed by atoms with Gasteiger partial charge in [0, 0.05) is 30.7 Å². The predicted octanol–water partition coefficient (Wildman–Crippen LogP) is 6.79. The molecule has 1 heterocycles. The third-order valence-corrected chi connectivity index (χ3v) is 5.37. The summed E-state index contributed by atoms with van der Waals surface area (Å²) in [6.07, 6.45) is -0.799. The van der Waals surface area contributed by atoms with Crippen LogP contribution < -0.4 is 10.1 Å². The van der Waals surface area contributed by atoms with Crippen LogP contribution in [0.4, 0.5) is 23.7 Å². The number of carbonyl (C=O) groups is 1. The molecule has 0 fully saturated rings. The van der Waals surface area contributed by atoms with Crippen molar-refractivity contribution in [1.82, 2.24) is 9.47 Å². The van der Waals surface area contributed by atoms with Crippen LogP contribution in [0.15, 0.2) is 66.9 Å². The van der Waals surface area contributed by atoms with Crippen molar-refractivity contribution in [3.05, 3.63) is 83.7 Å². The van der Waals surface area contributed by atoms with Gasteiger partial charge in [-0.15, -0.1) is 0 Å². The fourth-order valence-corrected chi connectivity index (χ4v) is 3.59.